The third-order valence-corrected chi connectivity index (χ3v) is 8.65. The van der Waals surface area contributed by atoms with Crippen LogP contribution in [0.1, 0.15) is 45.6 Å². The molecule has 5 atom stereocenters. The zero-order chi connectivity index (χ0) is 45.0. The predicted molar refractivity (Wildman–Crippen MR) is 208 cm³/mol. The van der Waals surface area contributed by atoms with Crippen molar-refractivity contribution in [2.75, 3.05) is 77.8 Å². The third kappa shape index (κ3) is 17.8. The van der Waals surface area contributed by atoms with Gasteiger partial charge in [0, 0.05) is 51.0 Å². The second-order valence-corrected chi connectivity index (χ2v) is 14.6. The fourth-order valence-electron chi connectivity index (χ4n) is 5.27. The lowest BCUT2D eigenvalue weighted by Gasteiger charge is -2.38. The fourth-order valence-corrected chi connectivity index (χ4v) is 5.27. The number of benzene rings is 1. The molecule has 5 amide bonds. The minimum absolute atomic E-state index is 0.00226. The first-order valence-electron chi connectivity index (χ1n) is 19.5. The number of hydrogen-bond acceptors (Lipinski definition) is 17. The molecule has 1 saturated heterocycles. The number of nitrogens with zero attached hydrogens (tertiary/aromatic N) is 1. The van der Waals surface area contributed by atoms with E-state index >= 15 is 0 Å². The Bertz CT molecular complexity index is 1670. The predicted octanol–water partition coefficient (Wildman–Crippen LogP) is -1.62. The van der Waals surface area contributed by atoms with E-state index in [9.17, 15) is 54.0 Å². The van der Waals surface area contributed by atoms with Gasteiger partial charge in [-0.1, -0.05) is 6.07 Å². The molecule has 22 nitrogen and oxygen atoms in total. The lowest BCUT2D eigenvalue weighted by molar-refractivity contribution is -0.271. The van der Waals surface area contributed by atoms with Gasteiger partial charge in [-0.2, -0.15) is 0 Å². The summed E-state index contributed by atoms with van der Waals surface area (Å²) in [6.45, 7) is 7.17. The number of hydrogen-bond donors (Lipinski definition) is 7. The van der Waals surface area contributed by atoms with Crippen molar-refractivity contribution in [3.8, 4) is 5.75 Å². The van der Waals surface area contributed by atoms with Crippen LogP contribution < -0.4 is 20.7 Å². The number of aliphatic hydroxyl groups is 3. The molecule has 3 rings (SSSR count). The lowest BCUT2D eigenvalue weighted by atomic mass is 9.97. The topological polar surface area (TPSA) is 304 Å². The van der Waals surface area contributed by atoms with Crippen molar-refractivity contribution >= 4 is 47.2 Å². The number of nitrogens with one attached hydrogen (secondary N) is 3. The summed E-state index contributed by atoms with van der Waals surface area (Å²) in [4.78, 5) is 84.9. The van der Waals surface area contributed by atoms with E-state index in [0.29, 0.717) is 32.0 Å². The largest absolute Gasteiger partial charge is 0.479 e. The number of anilines is 1. The average Bonchev–Trinajstić information content (AvgIpc) is 3.53. The number of carboxylic acids is 1. The van der Waals surface area contributed by atoms with Gasteiger partial charge in [-0.3, -0.25) is 33.7 Å². The van der Waals surface area contributed by atoms with Crippen LogP contribution >= 0.6 is 0 Å². The number of amides is 5. The molecular weight excluding hydrogens is 812 g/mol. The highest BCUT2D eigenvalue weighted by molar-refractivity contribution is 6.13. The Morgan fingerprint density at radius 1 is 0.721 bits per heavy atom. The highest BCUT2D eigenvalue weighted by atomic mass is 16.7. The molecular formula is C39H56N4O18. The van der Waals surface area contributed by atoms with E-state index in [1.54, 1.807) is 20.8 Å². The van der Waals surface area contributed by atoms with Gasteiger partial charge in [0.1, 0.15) is 30.7 Å². The fraction of sp³-hybridized carbons (Fsp3) is 0.615. The smallest absolute Gasteiger partial charge is 0.335 e. The van der Waals surface area contributed by atoms with Crippen molar-refractivity contribution in [3.63, 3.8) is 0 Å². The highest BCUT2D eigenvalue weighted by Crippen LogP contribution is 2.31. The first-order valence-corrected chi connectivity index (χ1v) is 19.5. The van der Waals surface area contributed by atoms with Crippen LogP contribution in [0.2, 0.25) is 0 Å². The Kier molecular flexibility index (Phi) is 21.1. The Labute approximate surface area is 351 Å². The van der Waals surface area contributed by atoms with Crippen LogP contribution in [0.15, 0.2) is 30.4 Å². The number of rotatable bonds is 27. The molecule has 7 N–H and O–H groups in total. The zero-order valence-corrected chi connectivity index (χ0v) is 34.3. The molecule has 2 aliphatic heterocycles. The van der Waals surface area contributed by atoms with E-state index < -0.39 is 65.8 Å². The second kappa shape index (κ2) is 25.6. The van der Waals surface area contributed by atoms with E-state index in [1.807, 2.05) is 0 Å². The molecule has 1 aromatic rings. The second-order valence-electron chi connectivity index (χ2n) is 14.6. The van der Waals surface area contributed by atoms with E-state index in [1.165, 1.54) is 18.2 Å². The van der Waals surface area contributed by atoms with Crippen LogP contribution in [-0.2, 0) is 68.6 Å². The van der Waals surface area contributed by atoms with Gasteiger partial charge in [0.2, 0.25) is 24.0 Å². The summed E-state index contributed by atoms with van der Waals surface area (Å²) in [6.07, 6.45) is -7.26. The van der Waals surface area contributed by atoms with Crippen LogP contribution in [0.25, 0.3) is 0 Å². The Morgan fingerprint density at radius 3 is 1.90 bits per heavy atom. The van der Waals surface area contributed by atoms with Gasteiger partial charge in [-0.15, -0.1) is 0 Å². The van der Waals surface area contributed by atoms with Crippen molar-refractivity contribution in [3.05, 3.63) is 35.9 Å². The molecule has 0 radical (unpaired) electrons. The van der Waals surface area contributed by atoms with Crippen LogP contribution in [0.4, 0.5) is 5.69 Å². The molecule has 0 spiro atoms. The Morgan fingerprint density at radius 2 is 1.30 bits per heavy atom. The summed E-state index contributed by atoms with van der Waals surface area (Å²) in [5.41, 5.74) is -0.334. The number of carbonyl (C=O) groups is 7. The number of carboxylic acid groups (broad SMARTS) is 1. The molecule has 61 heavy (non-hydrogen) atoms. The van der Waals surface area contributed by atoms with E-state index in [-0.39, 0.29) is 95.2 Å². The molecule has 0 aliphatic carbocycles. The number of carbonyl (C=O) groups excluding carboxylic acids is 6. The Hall–Kier alpha value is -5.07. The highest BCUT2D eigenvalue weighted by Gasteiger charge is 2.48. The number of esters is 1. The van der Waals surface area contributed by atoms with E-state index in [0.717, 1.165) is 17.1 Å². The number of ether oxygens (including phenoxy) is 7. The molecule has 0 aromatic heterocycles. The zero-order valence-electron chi connectivity index (χ0n) is 34.3. The molecule has 2 aliphatic rings. The summed E-state index contributed by atoms with van der Waals surface area (Å²) < 4.78 is 37.8. The van der Waals surface area contributed by atoms with Crippen LogP contribution in [0.3, 0.4) is 0 Å². The van der Waals surface area contributed by atoms with E-state index in [4.69, 9.17) is 33.2 Å². The summed E-state index contributed by atoms with van der Waals surface area (Å²) in [6, 6.07) is 4.26. The van der Waals surface area contributed by atoms with Crippen molar-refractivity contribution in [1.29, 1.82) is 0 Å². The minimum Gasteiger partial charge on any atom is -0.479 e. The molecule has 0 saturated carbocycles. The van der Waals surface area contributed by atoms with Gasteiger partial charge in [0.15, 0.2) is 6.10 Å². The molecule has 1 aromatic carbocycles. The third-order valence-electron chi connectivity index (χ3n) is 8.65. The standard InChI is InChI=1S/C39H56N4O18/c1-39(2,3)38(54)59-23-24-4-5-26(60-37-34(51)32(49)33(50)35(61-37)36(52)53)25(22-24)42-29(46)8-11-40-28(45)10-14-55-16-18-57-20-21-58-19-17-56-15-12-41-27(44)9-13-43-30(47)6-7-31(43)48/h4-7,22,32-35,37,49-51H,8-21,23H2,1-3H3,(H,40,45)(H,41,44)(H,42,46)(H,52,53)/t32-,33-,34+,35-,37?/m0/s1. The van der Waals surface area contributed by atoms with Crippen LogP contribution in [0.5, 0.6) is 5.75 Å². The van der Waals surface area contributed by atoms with Gasteiger partial charge in [-0.25, -0.2) is 4.79 Å². The van der Waals surface area contributed by atoms with Gasteiger partial charge in [0.25, 0.3) is 11.8 Å². The first-order chi connectivity index (χ1) is 29.0. The summed E-state index contributed by atoms with van der Waals surface area (Å²) in [5, 5.41) is 47.9. The monoisotopic (exact) mass is 868 g/mol. The quantitative estimate of drug-likeness (QED) is 0.0297. The molecule has 2 heterocycles. The average molecular weight is 869 g/mol. The lowest BCUT2D eigenvalue weighted by Crippen LogP contribution is -2.61. The van der Waals surface area contributed by atoms with E-state index in [2.05, 4.69) is 16.0 Å². The number of imide groups is 1. The minimum atomic E-state index is -1.94. The number of aliphatic carboxylic acids is 1. The maximum atomic E-state index is 12.9. The van der Waals surface area contributed by atoms with Crippen molar-refractivity contribution in [2.24, 2.45) is 5.41 Å². The molecule has 340 valence electrons. The van der Waals surface area contributed by atoms with Crippen LogP contribution in [0, 0.1) is 5.41 Å². The molecule has 22 heteroatoms. The van der Waals surface area contributed by atoms with Gasteiger partial charge < -0.3 is 69.5 Å². The molecule has 1 unspecified atom stereocenters. The summed E-state index contributed by atoms with van der Waals surface area (Å²) in [7, 11) is 0. The van der Waals surface area contributed by atoms with Gasteiger partial charge in [0.05, 0.1) is 64.0 Å². The normalized spacial score (nSPS) is 20.0. The maximum Gasteiger partial charge on any atom is 0.335 e. The summed E-state index contributed by atoms with van der Waals surface area (Å²) in [5.74, 6) is -4.32. The Balaban J connectivity index is 1.27. The van der Waals surface area contributed by atoms with Crippen molar-refractivity contribution < 1.29 is 87.1 Å². The first kappa shape index (κ1) is 50.3. The SMILES string of the molecule is CC(C)(C)C(=O)OCc1ccc(OC2O[C@H](C(=O)O)[C@@H](O)[C@H](O)[C@H]2O)c(NC(=O)CCNC(=O)CCOCCOCCOCCOCCNC(=O)CCN2C(=O)C=CC2=O)c1. The van der Waals surface area contributed by atoms with Crippen molar-refractivity contribution in [2.45, 2.75) is 77.3 Å². The van der Waals surface area contributed by atoms with Gasteiger partial charge in [-0.05, 0) is 38.5 Å². The van der Waals surface area contributed by atoms with Crippen molar-refractivity contribution in [1.82, 2.24) is 15.5 Å². The summed E-state index contributed by atoms with van der Waals surface area (Å²) >= 11 is 0. The maximum absolute atomic E-state index is 12.9. The van der Waals surface area contributed by atoms with Gasteiger partial charge >= 0.3 is 11.9 Å². The molecule has 0 bridgehead atoms. The van der Waals surface area contributed by atoms with Crippen LogP contribution in [-0.4, -0.2) is 170 Å². The molecule has 1 fully saturated rings. The number of aliphatic hydroxyl groups excluding tert-OH is 3.